The number of nitrogens with one attached hydrogen (secondary N) is 1. The molecule has 0 unspecified atom stereocenters. The zero-order valence-electron chi connectivity index (χ0n) is 16.1. The first-order valence-electron chi connectivity index (χ1n) is 8.94. The molecule has 1 N–H and O–H groups in total. The second kappa shape index (κ2) is 8.02. The fourth-order valence-corrected chi connectivity index (χ4v) is 3.59. The van der Waals surface area contributed by atoms with Gasteiger partial charge >= 0.3 is 0 Å². The van der Waals surface area contributed by atoms with E-state index in [2.05, 4.69) is 15.4 Å². The maximum atomic E-state index is 13.4. The molecule has 0 radical (unpaired) electrons. The highest BCUT2D eigenvalue weighted by atomic mass is 32.1. The van der Waals surface area contributed by atoms with Crippen LogP contribution in [0.25, 0.3) is 21.8 Å². The summed E-state index contributed by atoms with van der Waals surface area (Å²) in [7, 11) is 0. The Morgan fingerprint density at radius 2 is 1.79 bits per heavy atom. The molecule has 0 fully saturated rings. The van der Waals surface area contributed by atoms with E-state index in [1.807, 2.05) is 27.7 Å². The molecule has 0 saturated carbocycles. The van der Waals surface area contributed by atoms with Crippen molar-refractivity contribution in [3.8, 4) is 21.8 Å². The first-order valence-corrected chi connectivity index (χ1v) is 9.75. The number of hydrogen-bond donors (Lipinski definition) is 1. The molecule has 2 heterocycles. The number of aromatic nitrogens is 3. The van der Waals surface area contributed by atoms with E-state index in [-0.39, 0.29) is 34.4 Å². The average Bonchev–Trinajstić information content (AvgIpc) is 3.07. The molecule has 28 heavy (non-hydrogen) atoms. The van der Waals surface area contributed by atoms with Crippen LogP contribution in [0.4, 0.5) is 4.39 Å². The molecule has 2 aromatic heterocycles. The SMILES string of the molecule is CC(C)NC(=O)c1nc(-c2ccc(F)cc2)c(-c2ccc(=O)n(C(C)C)n2)s1. The third-order valence-electron chi connectivity index (χ3n) is 3.91. The van der Waals surface area contributed by atoms with Crippen molar-refractivity contribution in [1.82, 2.24) is 20.1 Å². The van der Waals surface area contributed by atoms with Crippen molar-refractivity contribution < 1.29 is 9.18 Å². The summed E-state index contributed by atoms with van der Waals surface area (Å²) in [5.41, 5.74) is 1.53. The number of hydrogen-bond acceptors (Lipinski definition) is 5. The van der Waals surface area contributed by atoms with E-state index in [1.54, 1.807) is 18.2 Å². The molecule has 0 aliphatic carbocycles. The minimum absolute atomic E-state index is 0.0323. The Morgan fingerprint density at radius 3 is 2.39 bits per heavy atom. The lowest BCUT2D eigenvalue weighted by Crippen LogP contribution is -2.29. The topological polar surface area (TPSA) is 76.9 Å². The largest absolute Gasteiger partial charge is 0.348 e. The van der Waals surface area contributed by atoms with E-state index < -0.39 is 0 Å². The number of halogens is 1. The van der Waals surface area contributed by atoms with Gasteiger partial charge in [-0.2, -0.15) is 5.10 Å². The minimum Gasteiger partial charge on any atom is -0.348 e. The van der Waals surface area contributed by atoms with Crippen LogP contribution in [0.15, 0.2) is 41.2 Å². The van der Waals surface area contributed by atoms with Gasteiger partial charge in [-0.1, -0.05) is 0 Å². The van der Waals surface area contributed by atoms with Gasteiger partial charge in [0, 0.05) is 17.7 Å². The summed E-state index contributed by atoms with van der Waals surface area (Å²) < 4.78 is 14.7. The van der Waals surface area contributed by atoms with Gasteiger partial charge in [-0.15, -0.1) is 11.3 Å². The number of thiazole rings is 1. The van der Waals surface area contributed by atoms with Gasteiger partial charge in [-0.3, -0.25) is 9.59 Å². The van der Waals surface area contributed by atoms with Crippen molar-refractivity contribution in [2.24, 2.45) is 0 Å². The molecule has 0 saturated heterocycles. The molecule has 0 atom stereocenters. The first kappa shape index (κ1) is 19.9. The highest BCUT2D eigenvalue weighted by molar-refractivity contribution is 7.17. The van der Waals surface area contributed by atoms with Gasteiger partial charge in [0.1, 0.15) is 11.5 Å². The molecular weight excluding hydrogens is 379 g/mol. The molecule has 1 amide bonds. The van der Waals surface area contributed by atoms with Crippen LogP contribution < -0.4 is 10.9 Å². The van der Waals surface area contributed by atoms with Crippen molar-refractivity contribution in [2.75, 3.05) is 0 Å². The summed E-state index contributed by atoms with van der Waals surface area (Å²) in [6, 6.07) is 8.82. The zero-order valence-corrected chi connectivity index (χ0v) is 16.9. The zero-order chi connectivity index (χ0) is 20.4. The lowest BCUT2D eigenvalue weighted by atomic mass is 10.1. The van der Waals surface area contributed by atoms with Crippen molar-refractivity contribution in [1.29, 1.82) is 0 Å². The maximum absolute atomic E-state index is 13.4. The average molecular weight is 400 g/mol. The first-order chi connectivity index (χ1) is 13.3. The van der Waals surface area contributed by atoms with Crippen LogP contribution in [0, 0.1) is 5.82 Å². The van der Waals surface area contributed by atoms with Gasteiger partial charge in [-0.25, -0.2) is 14.1 Å². The Balaban J connectivity index is 2.17. The number of nitrogens with zero attached hydrogens (tertiary/aromatic N) is 3. The summed E-state index contributed by atoms with van der Waals surface area (Å²) >= 11 is 1.19. The summed E-state index contributed by atoms with van der Waals surface area (Å²) in [4.78, 5) is 29.7. The van der Waals surface area contributed by atoms with E-state index in [9.17, 15) is 14.0 Å². The Hall–Kier alpha value is -2.87. The number of benzene rings is 1. The van der Waals surface area contributed by atoms with Crippen molar-refractivity contribution >= 4 is 17.2 Å². The molecule has 0 aliphatic rings. The Morgan fingerprint density at radius 1 is 1.11 bits per heavy atom. The number of carbonyl (C=O) groups is 1. The van der Waals surface area contributed by atoms with Crippen LogP contribution in [0.3, 0.4) is 0 Å². The second-order valence-corrected chi connectivity index (χ2v) is 7.93. The van der Waals surface area contributed by atoms with Crippen molar-refractivity contribution in [2.45, 2.75) is 39.8 Å². The van der Waals surface area contributed by atoms with E-state index in [0.717, 1.165) is 0 Å². The highest BCUT2D eigenvalue weighted by Crippen LogP contribution is 2.35. The fourth-order valence-electron chi connectivity index (χ4n) is 2.63. The van der Waals surface area contributed by atoms with Crippen LogP contribution in [-0.4, -0.2) is 26.7 Å². The van der Waals surface area contributed by atoms with Gasteiger partial charge in [0.2, 0.25) is 0 Å². The van der Waals surface area contributed by atoms with Crippen LogP contribution in [-0.2, 0) is 0 Å². The van der Waals surface area contributed by atoms with Gasteiger partial charge in [0.25, 0.3) is 11.5 Å². The minimum atomic E-state index is -0.357. The number of carbonyl (C=O) groups excluding carboxylic acids is 1. The van der Waals surface area contributed by atoms with Gasteiger partial charge in [0.05, 0.1) is 16.6 Å². The lowest BCUT2D eigenvalue weighted by Gasteiger charge is -2.09. The summed E-state index contributed by atoms with van der Waals surface area (Å²) in [6.07, 6.45) is 0. The Kier molecular flexibility index (Phi) is 5.69. The summed E-state index contributed by atoms with van der Waals surface area (Å²) in [5, 5.41) is 7.56. The van der Waals surface area contributed by atoms with E-state index >= 15 is 0 Å². The maximum Gasteiger partial charge on any atom is 0.280 e. The summed E-state index contributed by atoms with van der Waals surface area (Å²) in [6.45, 7) is 7.47. The standard InChI is InChI=1S/C20H21FN4O2S/c1-11(2)22-19(27)20-23-17(13-5-7-14(21)8-6-13)18(28-20)15-9-10-16(26)25(24-15)12(3)4/h5-12H,1-4H3,(H,22,27). The van der Waals surface area contributed by atoms with E-state index in [0.29, 0.717) is 21.8 Å². The molecular formula is C20H21FN4O2S. The monoisotopic (exact) mass is 400 g/mol. The normalized spacial score (nSPS) is 11.2. The third kappa shape index (κ3) is 4.17. The van der Waals surface area contributed by atoms with Crippen LogP contribution >= 0.6 is 11.3 Å². The molecule has 0 bridgehead atoms. The Bertz CT molecular complexity index is 1050. The van der Waals surface area contributed by atoms with Crippen LogP contribution in [0.5, 0.6) is 0 Å². The van der Waals surface area contributed by atoms with Crippen LogP contribution in [0.1, 0.15) is 43.5 Å². The number of amides is 1. The number of rotatable bonds is 5. The fraction of sp³-hybridized carbons (Fsp3) is 0.300. The van der Waals surface area contributed by atoms with E-state index in [1.165, 1.54) is 34.2 Å². The third-order valence-corrected chi connectivity index (χ3v) is 4.98. The predicted molar refractivity (Wildman–Crippen MR) is 108 cm³/mol. The molecule has 3 aromatic rings. The van der Waals surface area contributed by atoms with E-state index in [4.69, 9.17) is 0 Å². The summed E-state index contributed by atoms with van der Waals surface area (Å²) in [5.74, 6) is -0.642. The predicted octanol–water partition coefficient (Wildman–Crippen LogP) is 3.89. The second-order valence-electron chi connectivity index (χ2n) is 6.93. The highest BCUT2D eigenvalue weighted by Gasteiger charge is 2.21. The van der Waals surface area contributed by atoms with Crippen LogP contribution in [0.2, 0.25) is 0 Å². The molecule has 6 nitrogen and oxygen atoms in total. The lowest BCUT2D eigenvalue weighted by molar-refractivity contribution is 0.0943. The van der Waals surface area contributed by atoms with Gasteiger partial charge in [-0.05, 0) is 58.0 Å². The quantitative estimate of drug-likeness (QED) is 0.705. The smallest absolute Gasteiger partial charge is 0.280 e. The molecule has 8 heteroatoms. The molecule has 3 rings (SSSR count). The van der Waals surface area contributed by atoms with Gasteiger partial charge < -0.3 is 5.32 Å². The molecule has 0 aliphatic heterocycles. The molecule has 1 aromatic carbocycles. The molecule has 0 spiro atoms. The molecule has 146 valence electrons. The Labute approximate surface area is 166 Å². The van der Waals surface area contributed by atoms with Crippen molar-refractivity contribution in [3.05, 3.63) is 57.6 Å². The van der Waals surface area contributed by atoms with Crippen molar-refractivity contribution in [3.63, 3.8) is 0 Å². The van der Waals surface area contributed by atoms with Gasteiger partial charge in [0.15, 0.2) is 5.01 Å².